The number of nitrogens with zero attached hydrogens (tertiary/aromatic N) is 4. The maximum Gasteiger partial charge on any atom is 0.433 e. The first-order valence-corrected chi connectivity index (χ1v) is 10.0. The zero-order chi connectivity index (χ0) is 24.8. The fraction of sp³-hybridized carbons (Fsp3) is 0.318. The second kappa shape index (κ2) is 8.26. The lowest BCUT2D eigenvalue weighted by Gasteiger charge is -2.28. The Labute approximate surface area is 190 Å². The van der Waals surface area contributed by atoms with Crippen molar-refractivity contribution in [3.63, 3.8) is 0 Å². The summed E-state index contributed by atoms with van der Waals surface area (Å²) < 4.78 is 78.8. The molecule has 1 aliphatic heterocycles. The van der Waals surface area contributed by atoms with Crippen molar-refractivity contribution in [1.82, 2.24) is 14.5 Å². The number of hydrogen-bond donors (Lipinski definition) is 0. The normalized spacial score (nSPS) is 14.8. The minimum absolute atomic E-state index is 0.00206. The summed E-state index contributed by atoms with van der Waals surface area (Å²) in [6, 6.07) is 5.01. The molecule has 0 amide bonds. The second-order valence-corrected chi connectivity index (χ2v) is 8.35. The minimum atomic E-state index is -4.65. The van der Waals surface area contributed by atoms with E-state index in [1.54, 1.807) is 6.07 Å². The lowest BCUT2D eigenvalue weighted by atomic mass is 10.1. The van der Waals surface area contributed by atoms with Gasteiger partial charge in [0, 0.05) is 13.1 Å². The molecular weight excluding hydrogens is 463 g/mol. The Balaban J connectivity index is 1.49. The molecule has 12 heteroatoms. The first kappa shape index (κ1) is 23.5. The maximum atomic E-state index is 14.5. The predicted molar refractivity (Wildman–Crippen MR) is 111 cm³/mol. The zero-order valence-corrected chi connectivity index (χ0v) is 18.3. The molecule has 0 spiro atoms. The van der Waals surface area contributed by atoms with Gasteiger partial charge in [0.1, 0.15) is 23.9 Å². The monoisotopic (exact) mass is 482 g/mol. The van der Waals surface area contributed by atoms with E-state index in [4.69, 9.17) is 9.47 Å². The number of hydrogen-bond acceptors (Lipinski definition) is 6. The molecule has 0 N–H and O–H groups in total. The third-order valence-corrected chi connectivity index (χ3v) is 5.45. The van der Waals surface area contributed by atoms with Gasteiger partial charge in [-0.2, -0.15) is 18.2 Å². The Hall–Kier alpha value is -3.70. The number of alkyl halides is 3. The molecule has 0 saturated carbocycles. The zero-order valence-electron chi connectivity index (χ0n) is 18.3. The van der Waals surface area contributed by atoms with E-state index in [2.05, 4.69) is 9.97 Å². The van der Waals surface area contributed by atoms with Gasteiger partial charge in [0.2, 0.25) is 5.88 Å². The summed E-state index contributed by atoms with van der Waals surface area (Å²) in [5, 5.41) is 0. The van der Waals surface area contributed by atoms with E-state index in [0.29, 0.717) is 18.4 Å². The van der Waals surface area contributed by atoms with Crippen molar-refractivity contribution in [2.24, 2.45) is 0 Å². The van der Waals surface area contributed by atoms with Gasteiger partial charge in [0.25, 0.3) is 0 Å². The van der Waals surface area contributed by atoms with Gasteiger partial charge in [0.15, 0.2) is 17.4 Å². The van der Waals surface area contributed by atoms with E-state index >= 15 is 0 Å². The van der Waals surface area contributed by atoms with Crippen molar-refractivity contribution in [2.75, 3.05) is 11.9 Å². The van der Waals surface area contributed by atoms with E-state index in [0.717, 1.165) is 24.4 Å². The number of rotatable bonds is 5. The summed E-state index contributed by atoms with van der Waals surface area (Å²) in [5.41, 5.74) is -1.88. The molecule has 4 rings (SSSR count). The highest BCUT2D eigenvalue weighted by Crippen LogP contribution is 2.33. The highest BCUT2D eigenvalue weighted by molar-refractivity contribution is 5.48. The first-order valence-electron chi connectivity index (χ1n) is 10.0. The second-order valence-electron chi connectivity index (χ2n) is 8.35. The van der Waals surface area contributed by atoms with Crippen molar-refractivity contribution in [1.29, 1.82) is 0 Å². The van der Waals surface area contributed by atoms with Crippen LogP contribution in [0.25, 0.3) is 0 Å². The van der Waals surface area contributed by atoms with Gasteiger partial charge in [-0.05, 0) is 43.7 Å². The lowest BCUT2D eigenvalue weighted by Crippen LogP contribution is -2.38. The van der Waals surface area contributed by atoms with Crippen LogP contribution in [0.15, 0.2) is 41.3 Å². The number of halogens is 5. The third-order valence-electron chi connectivity index (χ3n) is 5.45. The highest BCUT2D eigenvalue weighted by Gasteiger charge is 2.35. The summed E-state index contributed by atoms with van der Waals surface area (Å²) in [7, 11) is 1.83. The summed E-state index contributed by atoms with van der Waals surface area (Å²) in [6.45, 7) is 4.10. The van der Waals surface area contributed by atoms with E-state index < -0.39 is 34.9 Å². The fourth-order valence-corrected chi connectivity index (χ4v) is 3.45. The molecule has 0 unspecified atom stereocenters. The molecule has 1 aromatic carbocycles. The van der Waals surface area contributed by atoms with E-state index in [1.807, 2.05) is 25.8 Å². The molecule has 3 aromatic rings. The molecule has 3 heterocycles. The van der Waals surface area contributed by atoms with E-state index in [9.17, 15) is 26.7 Å². The van der Waals surface area contributed by atoms with Crippen molar-refractivity contribution in [3.8, 4) is 17.4 Å². The first-order chi connectivity index (χ1) is 15.8. The molecule has 180 valence electrons. The number of benzene rings is 1. The van der Waals surface area contributed by atoms with Crippen LogP contribution >= 0.6 is 0 Å². The van der Waals surface area contributed by atoms with Crippen LogP contribution in [0.3, 0.4) is 0 Å². The van der Waals surface area contributed by atoms with Crippen molar-refractivity contribution >= 4 is 5.82 Å². The average Bonchev–Trinajstić information content (AvgIpc) is 2.98. The van der Waals surface area contributed by atoms with Crippen molar-refractivity contribution < 1.29 is 31.4 Å². The van der Waals surface area contributed by atoms with Crippen molar-refractivity contribution in [2.45, 2.75) is 38.7 Å². The number of likely N-dealkylation sites (N-methyl/N-ethyl adjacent to an activating group) is 1. The Kier molecular flexibility index (Phi) is 5.70. The van der Waals surface area contributed by atoms with E-state index in [-0.39, 0.29) is 29.3 Å². The predicted octanol–water partition coefficient (Wildman–Crippen LogP) is 4.54. The lowest BCUT2D eigenvalue weighted by molar-refractivity contribution is -0.141. The Morgan fingerprint density at radius 1 is 1.12 bits per heavy atom. The standard InChI is InChI=1S/C22H19F5N4O3/c1-21(2)11-31-18(30(21)3)8-17(29-20(31)32)33-10-12-6-14(23)19(15(24)7-12)34-13-4-5-16(28-9-13)22(25,26)27/h4-9H,10-11H2,1-3H3. The molecule has 0 saturated heterocycles. The van der Waals surface area contributed by atoms with Crippen LogP contribution in [0.2, 0.25) is 0 Å². The van der Waals surface area contributed by atoms with Crippen LogP contribution in [-0.4, -0.2) is 27.1 Å². The average molecular weight is 482 g/mol. The Morgan fingerprint density at radius 2 is 1.79 bits per heavy atom. The quantitative estimate of drug-likeness (QED) is 0.498. The van der Waals surface area contributed by atoms with Gasteiger partial charge in [0.05, 0.1) is 18.3 Å². The SMILES string of the molecule is CN1c2cc(OCc3cc(F)c(Oc4ccc(C(F)(F)F)nc4)c(F)c3)nc(=O)n2CC1(C)C. The van der Waals surface area contributed by atoms with Crippen LogP contribution in [0, 0.1) is 11.6 Å². The van der Waals surface area contributed by atoms with Gasteiger partial charge >= 0.3 is 11.9 Å². The molecule has 0 fully saturated rings. The maximum absolute atomic E-state index is 14.5. The Bertz CT molecular complexity index is 1270. The van der Waals surface area contributed by atoms with Crippen molar-refractivity contribution in [3.05, 3.63) is 69.9 Å². The fourth-order valence-electron chi connectivity index (χ4n) is 3.45. The van der Waals surface area contributed by atoms with Crippen LogP contribution in [0.4, 0.5) is 27.8 Å². The van der Waals surface area contributed by atoms with Crippen LogP contribution in [-0.2, 0) is 19.3 Å². The number of anilines is 1. The summed E-state index contributed by atoms with van der Waals surface area (Å²) in [4.78, 5) is 21.3. The Morgan fingerprint density at radius 3 is 2.38 bits per heavy atom. The van der Waals surface area contributed by atoms with E-state index in [1.165, 1.54) is 4.57 Å². The molecule has 0 atom stereocenters. The number of fused-ring (bicyclic) bond motifs is 1. The van der Waals surface area contributed by atoms with Gasteiger partial charge in [-0.15, -0.1) is 0 Å². The number of pyridine rings is 1. The molecule has 1 aliphatic rings. The van der Waals surface area contributed by atoms with Crippen LogP contribution < -0.4 is 20.1 Å². The highest BCUT2D eigenvalue weighted by atomic mass is 19.4. The van der Waals surface area contributed by atoms with Crippen LogP contribution in [0.5, 0.6) is 17.4 Å². The molecule has 34 heavy (non-hydrogen) atoms. The topological polar surface area (TPSA) is 69.5 Å². The number of aromatic nitrogens is 3. The summed E-state index contributed by atoms with van der Waals surface area (Å²) in [6.07, 6.45) is -3.93. The third kappa shape index (κ3) is 4.52. The number of ether oxygens (including phenoxy) is 2. The summed E-state index contributed by atoms with van der Waals surface area (Å²) >= 11 is 0. The molecular formula is C22H19F5N4O3. The molecule has 7 nitrogen and oxygen atoms in total. The minimum Gasteiger partial charge on any atom is -0.473 e. The largest absolute Gasteiger partial charge is 0.473 e. The summed E-state index contributed by atoms with van der Waals surface area (Å²) in [5.74, 6) is -2.67. The molecule has 2 aromatic heterocycles. The molecule has 0 aliphatic carbocycles. The van der Waals surface area contributed by atoms with Gasteiger partial charge in [-0.1, -0.05) is 0 Å². The van der Waals surface area contributed by atoms with Gasteiger partial charge in [-0.3, -0.25) is 4.57 Å². The van der Waals surface area contributed by atoms with Gasteiger partial charge < -0.3 is 14.4 Å². The molecule has 0 bridgehead atoms. The van der Waals surface area contributed by atoms with Crippen LogP contribution in [0.1, 0.15) is 25.1 Å². The smallest absolute Gasteiger partial charge is 0.433 e. The molecule has 0 radical (unpaired) electrons. The van der Waals surface area contributed by atoms with Gasteiger partial charge in [-0.25, -0.2) is 18.6 Å².